The second-order valence-electron chi connectivity index (χ2n) is 4.75. The molecule has 0 aromatic heterocycles. The Bertz CT molecular complexity index is 588. The van der Waals surface area contributed by atoms with Crippen molar-refractivity contribution in [3.05, 3.63) is 35.4 Å². The van der Waals surface area contributed by atoms with Crippen molar-refractivity contribution in [3.63, 3.8) is 0 Å². The summed E-state index contributed by atoms with van der Waals surface area (Å²) in [4.78, 5) is 23.1. The molecular weight excluding hydrogens is 272 g/mol. The average molecular weight is 290 g/mol. The maximum absolute atomic E-state index is 11.8. The summed E-state index contributed by atoms with van der Waals surface area (Å²) in [6.45, 7) is 1.72. The van der Waals surface area contributed by atoms with Crippen LogP contribution in [0.1, 0.15) is 25.3 Å². The van der Waals surface area contributed by atoms with E-state index in [0.717, 1.165) is 11.1 Å². The lowest BCUT2D eigenvalue weighted by atomic mass is 9.94. The Hall–Kier alpha value is -2.30. The number of cyclic esters (lactones) is 1. The van der Waals surface area contributed by atoms with E-state index in [0.29, 0.717) is 17.7 Å². The number of carbonyl (C=O) groups excluding carboxylic acids is 2. The lowest BCUT2D eigenvalue weighted by Gasteiger charge is -2.16. The highest BCUT2D eigenvalue weighted by Gasteiger charge is 2.33. The van der Waals surface area contributed by atoms with Gasteiger partial charge in [-0.1, -0.05) is 18.2 Å². The van der Waals surface area contributed by atoms with E-state index >= 15 is 0 Å². The highest BCUT2D eigenvalue weighted by Crippen LogP contribution is 2.38. The molecule has 21 heavy (non-hydrogen) atoms. The van der Waals surface area contributed by atoms with Gasteiger partial charge in [-0.3, -0.25) is 4.79 Å². The quantitative estimate of drug-likeness (QED) is 0.779. The Labute approximate surface area is 123 Å². The molecule has 5 heteroatoms. The Morgan fingerprint density at radius 2 is 2.00 bits per heavy atom. The first kappa shape index (κ1) is 15.1. The molecule has 0 fully saturated rings. The molecule has 5 nitrogen and oxygen atoms in total. The largest absolute Gasteiger partial charge is 0.496 e. The molecule has 0 amide bonds. The minimum absolute atomic E-state index is 0.195. The fourth-order valence-corrected chi connectivity index (χ4v) is 2.42. The Kier molecular flexibility index (Phi) is 4.62. The van der Waals surface area contributed by atoms with E-state index in [4.69, 9.17) is 9.47 Å². The number of benzene rings is 1. The van der Waals surface area contributed by atoms with E-state index in [-0.39, 0.29) is 18.4 Å². The zero-order valence-corrected chi connectivity index (χ0v) is 12.3. The van der Waals surface area contributed by atoms with Crippen LogP contribution in [0.15, 0.2) is 29.8 Å². The Morgan fingerprint density at radius 3 is 2.67 bits per heavy atom. The first-order chi connectivity index (χ1) is 10.1. The van der Waals surface area contributed by atoms with Crippen LogP contribution in [-0.4, -0.2) is 32.3 Å². The van der Waals surface area contributed by atoms with Crippen LogP contribution in [0.3, 0.4) is 0 Å². The second kappa shape index (κ2) is 6.43. The first-order valence-electron chi connectivity index (χ1n) is 6.70. The van der Waals surface area contributed by atoms with Crippen LogP contribution in [0.2, 0.25) is 0 Å². The zero-order chi connectivity index (χ0) is 15.4. The molecule has 0 bridgehead atoms. The SMILES string of the molecule is COC(=O)CCC1OC(=O)C(C)=C1c1ccccc1OC. The Morgan fingerprint density at radius 1 is 1.29 bits per heavy atom. The highest BCUT2D eigenvalue weighted by atomic mass is 16.5. The van der Waals surface area contributed by atoms with Gasteiger partial charge in [0.15, 0.2) is 0 Å². The van der Waals surface area contributed by atoms with E-state index in [1.54, 1.807) is 14.0 Å². The molecule has 1 unspecified atom stereocenters. The number of rotatable bonds is 5. The molecule has 0 radical (unpaired) electrons. The number of ether oxygens (including phenoxy) is 3. The predicted molar refractivity (Wildman–Crippen MR) is 76.7 cm³/mol. The molecule has 2 rings (SSSR count). The molecule has 1 heterocycles. The van der Waals surface area contributed by atoms with Gasteiger partial charge in [0.25, 0.3) is 0 Å². The average Bonchev–Trinajstić information content (AvgIpc) is 2.79. The van der Waals surface area contributed by atoms with Crippen LogP contribution in [0.4, 0.5) is 0 Å². The van der Waals surface area contributed by atoms with Crippen molar-refractivity contribution in [2.24, 2.45) is 0 Å². The molecule has 1 aliphatic heterocycles. The summed E-state index contributed by atoms with van der Waals surface area (Å²) in [5, 5.41) is 0. The number of esters is 2. The van der Waals surface area contributed by atoms with Gasteiger partial charge in [0.1, 0.15) is 11.9 Å². The number of para-hydroxylation sites is 1. The van der Waals surface area contributed by atoms with Crippen LogP contribution in [0.25, 0.3) is 5.57 Å². The third kappa shape index (κ3) is 3.07. The van der Waals surface area contributed by atoms with E-state index < -0.39 is 6.10 Å². The molecule has 1 atom stereocenters. The summed E-state index contributed by atoms with van der Waals surface area (Å²) in [6.07, 6.45) is 0.136. The highest BCUT2D eigenvalue weighted by molar-refractivity contribution is 6.03. The van der Waals surface area contributed by atoms with Crippen molar-refractivity contribution in [2.45, 2.75) is 25.9 Å². The van der Waals surface area contributed by atoms with Crippen molar-refractivity contribution in [3.8, 4) is 5.75 Å². The number of carbonyl (C=O) groups is 2. The number of hydrogen-bond acceptors (Lipinski definition) is 5. The fourth-order valence-electron chi connectivity index (χ4n) is 2.42. The molecule has 0 N–H and O–H groups in total. The van der Waals surface area contributed by atoms with Crippen molar-refractivity contribution in [1.82, 2.24) is 0 Å². The van der Waals surface area contributed by atoms with Crippen molar-refractivity contribution < 1.29 is 23.8 Å². The van der Waals surface area contributed by atoms with E-state index in [1.165, 1.54) is 7.11 Å². The topological polar surface area (TPSA) is 61.8 Å². The molecule has 1 aromatic carbocycles. The standard InChI is InChI=1S/C16H18O5/c1-10-15(11-6-4-5-7-12(11)19-2)13(21-16(10)18)8-9-14(17)20-3/h4-7,13H,8-9H2,1-3H3. The summed E-state index contributed by atoms with van der Waals surface area (Å²) in [5.41, 5.74) is 2.15. The van der Waals surface area contributed by atoms with Gasteiger partial charge in [0.05, 0.1) is 14.2 Å². The van der Waals surface area contributed by atoms with Crippen molar-refractivity contribution in [2.75, 3.05) is 14.2 Å². The number of hydrogen-bond donors (Lipinski definition) is 0. The molecular formula is C16H18O5. The molecule has 1 aromatic rings. The minimum Gasteiger partial charge on any atom is -0.496 e. The van der Waals surface area contributed by atoms with Gasteiger partial charge in [0.2, 0.25) is 0 Å². The van der Waals surface area contributed by atoms with Gasteiger partial charge in [-0.05, 0) is 19.4 Å². The lowest BCUT2D eigenvalue weighted by Crippen LogP contribution is -2.14. The molecule has 1 aliphatic rings. The van der Waals surface area contributed by atoms with Gasteiger partial charge in [-0.15, -0.1) is 0 Å². The van der Waals surface area contributed by atoms with Crippen LogP contribution in [0.5, 0.6) is 5.75 Å². The van der Waals surface area contributed by atoms with Gasteiger partial charge in [-0.2, -0.15) is 0 Å². The smallest absolute Gasteiger partial charge is 0.334 e. The van der Waals surface area contributed by atoms with Crippen molar-refractivity contribution >= 4 is 17.5 Å². The van der Waals surface area contributed by atoms with Crippen LogP contribution in [-0.2, 0) is 19.1 Å². The third-order valence-electron chi connectivity index (χ3n) is 3.52. The molecule has 0 saturated heterocycles. The summed E-state index contributed by atoms with van der Waals surface area (Å²) >= 11 is 0. The van der Waals surface area contributed by atoms with Gasteiger partial charge in [0, 0.05) is 23.1 Å². The summed E-state index contributed by atoms with van der Waals surface area (Å²) in [7, 11) is 2.92. The number of methoxy groups -OCH3 is 2. The van der Waals surface area contributed by atoms with Crippen LogP contribution < -0.4 is 4.74 Å². The monoisotopic (exact) mass is 290 g/mol. The molecule has 0 aliphatic carbocycles. The second-order valence-corrected chi connectivity index (χ2v) is 4.75. The van der Waals surface area contributed by atoms with Gasteiger partial charge in [-0.25, -0.2) is 4.79 Å². The van der Waals surface area contributed by atoms with Gasteiger partial charge >= 0.3 is 11.9 Å². The summed E-state index contributed by atoms with van der Waals surface area (Å²) in [6, 6.07) is 7.44. The van der Waals surface area contributed by atoms with E-state index in [1.807, 2.05) is 24.3 Å². The maximum Gasteiger partial charge on any atom is 0.334 e. The minimum atomic E-state index is -0.451. The third-order valence-corrected chi connectivity index (χ3v) is 3.52. The normalized spacial score (nSPS) is 17.7. The molecule has 0 saturated carbocycles. The summed E-state index contributed by atoms with van der Waals surface area (Å²) in [5.74, 6) is -0.00558. The van der Waals surface area contributed by atoms with E-state index in [2.05, 4.69) is 4.74 Å². The fraction of sp³-hybridized carbons (Fsp3) is 0.375. The van der Waals surface area contributed by atoms with Gasteiger partial charge < -0.3 is 14.2 Å². The van der Waals surface area contributed by atoms with E-state index in [9.17, 15) is 9.59 Å². The van der Waals surface area contributed by atoms with Crippen LogP contribution in [0, 0.1) is 0 Å². The predicted octanol–water partition coefficient (Wildman–Crippen LogP) is 2.35. The van der Waals surface area contributed by atoms with Crippen LogP contribution >= 0.6 is 0 Å². The summed E-state index contributed by atoms with van der Waals surface area (Å²) < 4.78 is 15.3. The maximum atomic E-state index is 11.8. The van der Waals surface area contributed by atoms with Crippen molar-refractivity contribution in [1.29, 1.82) is 0 Å². The zero-order valence-electron chi connectivity index (χ0n) is 12.3. The lowest BCUT2D eigenvalue weighted by molar-refractivity contribution is -0.144. The molecule has 112 valence electrons. The molecule has 0 spiro atoms. The first-order valence-corrected chi connectivity index (χ1v) is 6.70. The Balaban J connectivity index is 2.32.